The molecule has 5 heterocycles. The van der Waals surface area contributed by atoms with Gasteiger partial charge in [-0.15, -0.1) is 0 Å². The topological polar surface area (TPSA) is 126 Å². The van der Waals surface area contributed by atoms with E-state index in [9.17, 15) is 27.6 Å². The number of likely N-dealkylation sites (tertiary alicyclic amines) is 2. The number of carbonyl (C=O) groups is 3. The van der Waals surface area contributed by atoms with Crippen LogP contribution >= 0.6 is 0 Å². The number of aromatic amines is 1. The van der Waals surface area contributed by atoms with Gasteiger partial charge < -0.3 is 30.1 Å². The van der Waals surface area contributed by atoms with Crippen molar-refractivity contribution in [1.29, 1.82) is 0 Å². The summed E-state index contributed by atoms with van der Waals surface area (Å²) in [4.78, 5) is 48.2. The molecule has 4 aliphatic rings. The fraction of sp³-hybridized carbons (Fsp3) is 0.543. The van der Waals surface area contributed by atoms with Gasteiger partial charge in [-0.2, -0.15) is 18.3 Å². The number of alkyl halides is 3. The van der Waals surface area contributed by atoms with Gasteiger partial charge in [0.1, 0.15) is 0 Å². The first-order chi connectivity index (χ1) is 24.1. The van der Waals surface area contributed by atoms with Gasteiger partial charge in [0.05, 0.1) is 17.3 Å². The molecule has 0 bridgehead atoms. The van der Waals surface area contributed by atoms with E-state index in [4.69, 9.17) is 4.74 Å². The standard InChI is InChI=1S/C35H43F3N8O4/c36-35(37,38)28-20-23(19-25-22-40-42-31(25)28)21-30(32(47)44-12-6-26(7-13-44)43-17-10-39-11-18-43)50-34(49)45-14-8-27(9-15-45)46-16-5-24-3-1-2-4-29(24)41-33(46)48/h1-4,19-20,22,26-27,30,39H,5-18,21H2,(H,40,42)(H,41,48). The number of hydrogen-bond donors (Lipinski definition) is 3. The van der Waals surface area contributed by atoms with Gasteiger partial charge in [-0.05, 0) is 61.4 Å². The number of urea groups is 1. The number of nitrogens with one attached hydrogen (secondary N) is 3. The zero-order valence-corrected chi connectivity index (χ0v) is 27.9. The van der Waals surface area contributed by atoms with Crippen molar-refractivity contribution in [2.75, 3.05) is 64.2 Å². The molecule has 4 aliphatic heterocycles. The molecule has 0 radical (unpaired) electrons. The van der Waals surface area contributed by atoms with Crippen LogP contribution in [0.25, 0.3) is 10.9 Å². The number of para-hydroxylation sites is 1. The first-order valence-corrected chi connectivity index (χ1v) is 17.5. The maximum atomic E-state index is 14.0. The van der Waals surface area contributed by atoms with Crippen molar-refractivity contribution in [2.45, 2.75) is 62.9 Å². The van der Waals surface area contributed by atoms with Crippen molar-refractivity contribution in [1.82, 2.24) is 35.1 Å². The third-order valence-electron chi connectivity index (χ3n) is 10.6. The molecule has 1 atom stereocenters. The summed E-state index contributed by atoms with van der Waals surface area (Å²) in [6, 6.07) is 10.4. The molecule has 3 N–H and O–H groups in total. The van der Waals surface area contributed by atoms with Crippen molar-refractivity contribution >= 4 is 34.6 Å². The van der Waals surface area contributed by atoms with E-state index in [1.165, 1.54) is 11.1 Å². The van der Waals surface area contributed by atoms with E-state index < -0.39 is 29.8 Å². The van der Waals surface area contributed by atoms with Gasteiger partial charge in [0, 0.05) is 88.5 Å². The number of ether oxygens (including phenoxy) is 1. The minimum atomic E-state index is -4.65. The summed E-state index contributed by atoms with van der Waals surface area (Å²) in [6.45, 7) is 5.89. The lowest BCUT2D eigenvalue weighted by atomic mass is 9.99. The third-order valence-corrected chi connectivity index (χ3v) is 10.6. The third kappa shape index (κ3) is 7.38. The number of aromatic nitrogens is 2. The Labute approximate surface area is 288 Å². The highest BCUT2D eigenvalue weighted by molar-refractivity contribution is 5.91. The van der Waals surface area contributed by atoms with E-state index in [1.807, 2.05) is 29.2 Å². The van der Waals surface area contributed by atoms with Gasteiger partial charge >= 0.3 is 18.3 Å². The average molecular weight is 697 g/mol. The van der Waals surface area contributed by atoms with Crippen LogP contribution in [-0.4, -0.2) is 125 Å². The molecule has 15 heteroatoms. The second-order valence-corrected chi connectivity index (χ2v) is 13.6. The summed E-state index contributed by atoms with van der Waals surface area (Å²) < 4.78 is 48.0. The molecule has 3 saturated heterocycles. The lowest BCUT2D eigenvalue weighted by Crippen LogP contribution is -2.54. The normalized spacial score (nSPS) is 20.7. The molecular formula is C35H43F3N8O4. The number of H-pyrrole nitrogens is 1. The molecule has 268 valence electrons. The number of amides is 4. The largest absolute Gasteiger partial charge is 0.436 e. The van der Waals surface area contributed by atoms with Crippen LogP contribution in [0, 0.1) is 0 Å². The average Bonchev–Trinajstić information content (AvgIpc) is 3.53. The maximum absolute atomic E-state index is 14.0. The number of piperidine rings is 2. The van der Waals surface area contributed by atoms with Gasteiger partial charge in [-0.3, -0.25) is 14.8 Å². The van der Waals surface area contributed by atoms with Gasteiger partial charge in [0.25, 0.3) is 5.91 Å². The van der Waals surface area contributed by atoms with Crippen molar-refractivity contribution in [3.8, 4) is 0 Å². The van der Waals surface area contributed by atoms with Crippen LogP contribution in [0.1, 0.15) is 42.4 Å². The Morgan fingerprint density at radius 3 is 2.36 bits per heavy atom. The predicted octanol–water partition coefficient (Wildman–Crippen LogP) is 4.08. The fourth-order valence-corrected chi connectivity index (χ4v) is 7.85. The summed E-state index contributed by atoms with van der Waals surface area (Å²) >= 11 is 0. The summed E-state index contributed by atoms with van der Waals surface area (Å²) in [5.41, 5.74) is 1.07. The van der Waals surface area contributed by atoms with Crippen molar-refractivity contribution in [3.05, 3.63) is 59.3 Å². The molecular weight excluding hydrogens is 653 g/mol. The number of piperazine rings is 1. The van der Waals surface area contributed by atoms with Gasteiger partial charge in [0.2, 0.25) is 0 Å². The number of hydrogen-bond acceptors (Lipinski definition) is 7. The monoisotopic (exact) mass is 696 g/mol. The first kappa shape index (κ1) is 34.1. The molecule has 3 fully saturated rings. The Hall–Kier alpha value is -4.37. The molecule has 0 spiro atoms. The highest BCUT2D eigenvalue weighted by atomic mass is 19.4. The molecule has 50 heavy (non-hydrogen) atoms. The predicted molar refractivity (Wildman–Crippen MR) is 180 cm³/mol. The minimum absolute atomic E-state index is 0.0785. The van der Waals surface area contributed by atoms with Gasteiger partial charge in [0.15, 0.2) is 6.10 Å². The molecule has 12 nitrogen and oxygen atoms in total. The number of benzene rings is 2. The Morgan fingerprint density at radius 1 is 0.920 bits per heavy atom. The fourth-order valence-electron chi connectivity index (χ4n) is 7.85. The molecule has 4 amide bonds. The molecule has 7 rings (SSSR count). The highest BCUT2D eigenvalue weighted by Gasteiger charge is 2.38. The Morgan fingerprint density at radius 2 is 1.62 bits per heavy atom. The molecule has 3 aromatic rings. The number of fused-ring (bicyclic) bond motifs is 2. The number of carbonyl (C=O) groups excluding carboxylic acids is 3. The lowest BCUT2D eigenvalue weighted by molar-refractivity contribution is -0.142. The second kappa shape index (κ2) is 14.5. The molecule has 0 aliphatic carbocycles. The maximum Gasteiger partial charge on any atom is 0.418 e. The molecule has 2 aromatic carbocycles. The Balaban J connectivity index is 1.03. The summed E-state index contributed by atoms with van der Waals surface area (Å²) in [7, 11) is 0. The Bertz CT molecular complexity index is 1690. The first-order valence-electron chi connectivity index (χ1n) is 17.5. The zero-order valence-electron chi connectivity index (χ0n) is 27.9. The highest BCUT2D eigenvalue weighted by Crippen LogP contribution is 2.35. The number of rotatable bonds is 6. The SMILES string of the molecule is O=C(OC(Cc1cc(C(F)(F)F)c2[nH]ncc2c1)C(=O)N1CCC(N2CCNCC2)CC1)N1CCC(N2CCc3ccccc3NC2=O)CC1. The van der Waals surface area contributed by atoms with E-state index in [-0.39, 0.29) is 35.0 Å². The van der Waals surface area contributed by atoms with Crippen LogP contribution in [0.4, 0.5) is 28.4 Å². The van der Waals surface area contributed by atoms with Crippen molar-refractivity contribution in [2.24, 2.45) is 0 Å². The van der Waals surface area contributed by atoms with Crippen LogP contribution in [0.15, 0.2) is 42.6 Å². The quantitative estimate of drug-likeness (QED) is 0.355. The van der Waals surface area contributed by atoms with E-state index >= 15 is 0 Å². The zero-order chi connectivity index (χ0) is 34.8. The molecule has 1 unspecified atom stereocenters. The minimum Gasteiger partial charge on any atom is -0.436 e. The summed E-state index contributed by atoms with van der Waals surface area (Å²) in [6.07, 6.45) is -2.23. The number of halogens is 3. The Kier molecular flexibility index (Phi) is 9.87. The summed E-state index contributed by atoms with van der Waals surface area (Å²) in [5, 5.41) is 12.8. The number of nitrogens with zero attached hydrogens (tertiary/aromatic N) is 5. The van der Waals surface area contributed by atoms with Gasteiger partial charge in [-0.1, -0.05) is 18.2 Å². The van der Waals surface area contributed by atoms with Crippen LogP contribution in [0.5, 0.6) is 0 Å². The molecule has 1 aromatic heterocycles. The van der Waals surface area contributed by atoms with E-state index in [0.29, 0.717) is 58.0 Å². The van der Waals surface area contributed by atoms with Crippen LogP contribution in [-0.2, 0) is 28.5 Å². The second-order valence-electron chi connectivity index (χ2n) is 13.6. The van der Waals surface area contributed by atoms with Crippen LogP contribution < -0.4 is 10.6 Å². The lowest BCUT2D eigenvalue weighted by Gasteiger charge is -2.41. The van der Waals surface area contributed by atoms with Gasteiger partial charge in [-0.25, -0.2) is 9.59 Å². The summed E-state index contributed by atoms with van der Waals surface area (Å²) in [5.74, 6) is -0.409. The van der Waals surface area contributed by atoms with E-state index in [0.717, 1.165) is 56.3 Å². The van der Waals surface area contributed by atoms with Crippen molar-refractivity contribution < 1.29 is 32.3 Å². The number of anilines is 1. The van der Waals surface area contributed by atoms with E-state index in [2.05, 4.69) is 25.7 Å². The smallest absolute Gasteiger partial charge is 0.418 e. The van der Waals surface area contributed by atoms with Crippen molar-refractivity contribution in [3.63, 3.8) is 0 Å². The van der Waals surface area contributed by atoms with E-state index in [1.54, 1.807) is 11.0 Å². The van der Waals surface area contributed by atoms with Crippen LogP contribution in [0.2, 0.25) is 0 Å². The van der Waals surface area contributed by atoms with Crippen LogP contribution in [0.3, 0.4) is 0 Å². The molecule has 0 saturated carbocycles.